The zero-order valence-electron chi connectivity index (χ0n) is 7.34. The van der Waals surface area contributed by atoms with E-state index in [1.807, 2.05) is 0 Å². The zero-order valence-corrected chi connectivity index (χ0v) is 11.1. The van der Waals surface area contributed by atoms with Gasteiger partial charge in [-0.25, -0.2) is 22.2 Å². The van der Waals surface area contributed by atoms with Gasteiger partial charge in [0.05, 0.1) is 0 Å². The SMILES string of the molecule is Cc1c(C(F)F)cc(I)nc1S(=O)(=O)Cl. The first-order valence-corrected chi connectivity index (χ1v) is 7.02. The topological polar surface area (TPSA) is 47.0 Å². The van der Waals surface area contributed by atoms with E-state index in [-0.39, 0.29) is 14.8 Å². The highest BCUT2D eigenvalue weighted by atomic mass is 127. The number of pyridine rings is 1. The Morgan fingerprint density at radius 1 is 1.53 bits per heavy atom. The number of hydrogen-bond donors (Lipinski definition) is 0. The van der Waals surface area contributed by atoms with Gasteiger partial charge >= 0.3 is 0 Å². The van der Waals surface area contributed by atoms with Crippen LogP contribution in [0.2, 0.25) is 0 Å². The Morgan fingerprint density at radius 2 is 2.07 bits per heavy atom. The molecule has 0 N–H and O–H groups in total. The summed E-state index contributed by atoms with van der Waals surface area (Å²) in [5, 5.41) is -0.508. The first-order chi connectivity index (χ1) is 6.73. The smallest absolute Gasteiger partial charge is 0.229 e. The number of alkyl halides is 2. The lowest BCUT2D eigenvalue weighted by Crippen LogP contribution is -2.04. The van der Waals surface area contributed by atoms with Gasteiger partial charge < -0.3 is 0 Å². The lowest BCUT2D eigenvalue weighted by atomic mass is 10.2. The fraction of sp³-hybridized carbons (Fsp3) is 0.286. The van der Waals surface area contributed by atoms with Gasteiger partial charge in [-0.2, -0.15) is 0 Å². The molecule has 1 heterocycles. The molecule has 1 aromatic heterocycles. The molecule has 0 amide bonds. The van der Waals surface area contributed by atoms with Crippen molar-refractivity contribution in [2.45, 2.75) is 18.4 Å². The van der Waals surface area contributed by atoms with Crippen molar-refractivity contribution in [2.24, 2.45) is 0 Å². The minimum Gasteiger partial charge on any atom is -0.229 e. The van der Waals surface area contributed by atoms with E-state index in [0.29, 0.717) is 0 Å². The van der Waals surface area contributed by atoms with Gasteiger partial charge in [-0.1, -0.05) is 0 Å². The molecule has 8 heteroatoms. The van der Waals surface area contributed by atoms with E-state index in [1.165, 1.54) is 6.92 Å². The van der Waals surface area contributed by atoms with Crippen molar-refractivity contribution in [3.8, 4) is 0 Å². The largest absolute Gasteiger partial charge is 0.278 e. The van der Waals surface area contributed by atoms with Crippen molar-refractivity contribution >= 4 is 42.3 Å². The molecule has 0 saturated heterocycles. The number of aromatic nitrogens is 1. The molecule has 0 aliphatic rings. The molecule has 0 atom stereocenters. The Kier molecular flexibility index (Phi) is 3.88. The molecule has 0 aromatic carbocycles. The normalized spacial score (nSPS) is 12.1. The summed E-state index contributed by atoms with van der Waals surface area (Å²) in [5.41, 5.74) is -0.478. The molecule has 3 nitrogen and oxygen atoms in total. The Labute approximate surface area is 103 Å². The molecule has 0 fully saturated rings. The van der Waals surface area contributed by atoms with Crippen molar-refractivity contribution in [1.29, 1.82) is 0 Å². The first-order valence-electron chi connectivity index (χ1n) is 3.63. The molecule has 0 aliphatic heterocycles. The number of halogens is 4. The highest BCUT2D eigenvalue weighted by Gasteiger charge is 2.22. The zero-order chi connectivity index (χ0) is 11.8. The standard InChI is InChI=1S/C7H5ClF2INO2S/c1-3-4(6(9)10)2-5(11)12-7(3)15(8,13)14/h2,6H,1H3. The maximum atomic E-state index is 12.5. The van der Waals surface area contributed by atoms with Gasteiger partial charge in [-0.05, 0) is 41.1 Å². The van der Waals surface area contributed by atoms with Gasteiger partial charge in [0.1, 0.15) is 3.70 Å². The van der Waals surface area contributed by atoms with Crippen LogP contribution in [0, 0.1) is 10.6 Å². The molecule has 1 aromatic rings. The number of hydrogen-bond acceptors (Lipinski definition) is 3. The summed E-state index contributed by atoms with van der Waals surface area (Å²) in [6, 6.07) is 1.13. The van der Waals surface area contributed by atoms with Crippen LogP contribution < -0.4 is 0 Å². The van der Waals surface area contributed by atoms with Gasteiger partial charge in [-0.15, -0.1) is 0 Å². The molecule has 0 saturated carbocycles. The van der Waals surface area contributed by atoms with Crippen molar-refractivity contribution in [3.63, 3.8) is 0 Å². The lowest BCUT2D eigenvalue weighted by molar-refractivity contribution is 0.150. The molecule has 0 spiro atoms. The molecule has 0 bridgehead atoms. The predicted octanol–water partition coefficient (Wildman–Crippen LogP) is 2.86. The molecule has 15 heavy (non-hydrogen) atoms. The van der Waals surface area contributed by atoms with Crippen LogP contribution in [0.25, 0.3) is 0 Å². The van der Waals surface area contributed by atoms with Crippen LogP contribution in [0.15, 0.2) is 11.1 Å². The minimum absolute atomic E-state index is 0.111. The van der Waals surface area contributed by atoms with E-state index in [4.69, 9.17) is 10.7 Å². The summed E-state index contributed by atoms with van der Waals surface area (Å²) < 4.78 is 47.2. The molecule has 84 valence electrons. The van der Waals surface area contributed by atoms with Gasteiger partial charge in [-0.3, -0.25) is 0 Å². The molecule has 0 aliphatic carbocycles. The Bertz CT molecular complexity index is 492. The van der Waals surface area contributed by atoms with Gasteiger partial charge in [0.2, 0.25) is 0 Å². The van der Waals surface area contributed by atoms with Crippen LogP contribution in [-0.4, -0.2) is 13.4 Å². The van der Waals surface area contributed by atoms with Crippen molar-refractivity contribution < 1.29 is 17.2 Å². The monoisotopic (exact) mass is 367 g/mol. The molecule has 0 unspecified atom stereocenters. The van der Waals surface area contributed by atoms with Crippen molar-refractivity contribution in [3.05, 3.63) is 20.9 Å². The van der Waals surface area contributed by atoms with Crippen molar-refractivity contribution in [1.82, 2.24) is 4.98 Å². The van der Waals surface area contributed by atoms with E-state index < -0.39 is 20.5 Å². The molecule has 0 radical (unpaired) electrons. The summed E-state index contributed by atoms with van der Waals surface area (Å²) in [5.74, 6) is 0. The lowest BCUT2D eigenvalue weighted by Gasteiger charge is -2.08. The highest BCUT2D eigenvalue weighted by molar-refractivity contribution is 14.1. The van der Waals surface area contributed by atoms with Gasteiger partial charge in [0, 0.05) is 16.2 Å². The summed E-state index contributed by atoms with van der Waals surface area (Å²) in [4.78, 5) is 3.62. The van der Waals surface area contributed by atoms with Gasteiger partial charge in [0.25, 0.3) is 15.5 Å². The predicted molar refractivity (Wildman–Crippen MR) is 59.7 cm³/mol. The summed E-state index contributed by atoms with van der Waals surface area (Å²) >= 11 is 1.65. The Balaban J connectivity index is 3.56. The maximum absolute atomic E-state index is 12.5. The Hall–Kier alpha value is -0.0200. The second-order valence-electron chi connectivity index (χ2n) is 2.70. The van der Waals surface area contributed by atoms with E-state index >= 15 is 0 Å². The summed E-state index contributed by atoms with van der Waals surface area (Å²) in [7, 11) is 0.985. The fourth-order valence-electron chi connectivity index (χ4n) is 1.04. The second-order valence-corrected chi connectivity index (χ2v) is 6.29. The quantitative estimate of drug-likeness (QED) is 0.459. The third-order valence-corrected chi connectivity index (χ3v) is 3.55. The summed E-state index contributed by atoms with van der Waals surface area (Å²) in [6.45, 7) is 1.25. The van der Waals surface area contributed by atoms with Crippen LogP contribution in [0.3, 0.4) is 0 Å². The third-order valence-electron chi connectivity index (χ3n) is 1.70. The Morgan fingerprint density at radius 3 is 2.47 bits per heavy atom. The number of rotatable bonds is 2. The molecular formula is C7H5ClF2INO2S. The van der Waals surface area contributed by atoms with Crippen molar-refractivity contribution in [2.75, 3.05) is 0 Å². The number of nitrogens with zero attached hydrogens (tertiary/aromatic N) is 1. The average molecular weight is 368 g/mol. The van der Waals surface area contributed by atoms with Crippen LogP contribution in [0.1, 0.15) is 17.6 Å². The molecule has 1 rings (SSSR count). The van der Waals surface area contributed by atoms with Crippen LogP contribution >= 0.6 is 33.3 Å². The van der Waals surface area contributed by atoms with Crippen LogP contribution in [-0.2, 0) is 9.05 Å². The average Bonchev–Trinajstić information content (AvgIpc) is 2.06. The van der Waals surface area contributed by atoms with Crippen LogP contribution in [0.4, 0.5) is 8.78 Å². The van der Waals surface area contributed by atoms with E-state index in [0.717, 1.165) is 6.07 Å². The third kappa shape index (κ3) is 2.97. The van der Waals surface area contributed by atoms with E-state index in [9.17, 15) is 17.2 Å². The first kappa shape index (κ1) is 13.0. The highest BCUT2D eigenvalue weighted by Crippen LogP contribution is 2.28. The van der Waals surface area contributed by atoms with Crippen LogP contribution in [0.5, 0.6) is 0 Å². The summed E-state index contributed by atoms with van der Waals surface area (Å²) in [6.07, 6.45) is -2.75. The molecular weight excluding hydrogens is 363 g/mol. The van der Waals surface area contributed by atoms with E-state index in [2.05, 4.69) is 4.98 Å². The maximum Gasteiger partial charge on any atom is 0.278 e. The fourth-order valence-corrected chi connectivity index (χ4v) is 2.92. The van der Waals surface area contributed by atoms with E-state index in [1.54, 1.807) is 22.6 Å². The van der Waals surface area contributed by atoms with Gasteiger partial charge in [0.15, 0.2) is 5.03 Å². The second kappa shape index (κ2) is 4.46. The minimum atomic E-state index is -4.09.